The van der Waals surface area contributed by atoms with Crippen LogP contribution in [-0.4, -0.2) is 12.6 Å². The number of nitrogens with one attached hydrogen (secondary N) is 1. The van der Waals surface area contributed by atoms with E-state index in [4.69, 9.17) is 0 Å². The van der Waals surface area contributed by atoms with Crippen LogP contribution in [0.15, 0.2) is 0 Å². The largest absolute Gasteiger partial charge is 0.314 e. The molecule has 15 heavy (non-hydrogen) atoms. The lowest BCUT2D eigenvalue weighted by Crippen LogP contribution is -2.37. The highest BCUT2D eigenvalue weighted by molar-refractivity contribution is 4.79. The summed E-state index contributed by atoms with van der Waals surface area (Å²) in [5.41, 5.74) is 0. The van der Waals surface area contributed by atoms with Gasteiger partial charge < -0.3 is 5.32 Å². The first-order valence-electron chi connectivity index (χ1n) is 6.97. The minimum Gasteiger partial charge on any atom is -0.314 e. The lowest BCUT2D eigenvalue weighted by atomic mass is 9.77. The maximum Gasteiger partial charge on any atom is 0.00389 e. The molecule has 1 aliphatic heterocycles. The third-order valence-electron chi connectivity index (χ3n) is 4.57. The molecule has 0 radical (unpaired) electrons. The summed E-state index contributed by atoms with van der Waals surface area (Å²) < 4.78 is 0. The van der Waals surface area contributed by atoms with Crippen molar-refractivity contribution >= 4 is 0 Å². The van der Waals surface area contributed by atoms with Gasteiger partial charge in [0.25, 0.3) is 0 Å². The first-order chi connectivity index (χ1) is 7.24. The highest BCUT2D eigenvalue weighted by atomic mass is 14.9. The van der Waals surface area contributed by atoms with Gasteiger partial charge in [-0.05, 0) is 50.5 Å². The molecule has 0 bridgehead atoms. The molecule has 1 N–H and O–H groups in total. The minimum absolute atomic E-state index is 0.771. The monoisotopic (exact) mass is 209 g/mol. The Morgan fingerprint density at radius 2 is 1.53 bits per heavy atom. The zero-order valence-corrected chi connectivity index (χ0v) is 10.5. The van der Waals surface area contributed by atoms with Crippen molar-refractivity contribution < 1.29 is 0 Å². The predicted octanol–water partition coefficient (Wildman–Crippen LogP) is 3.59. The van der Waals surface area contributed by atoms with Crippen molar-refractivity contribution in [3.8, 4) is 0 Å². The zero-order chi connectivity index (χ0) is 10.7. The van der Waals surface area contributed by atoms with Gasteiger partial charge in [0.15, 0.2) is 0 Å². The van der Waals surface area contributed by atoms with E-state index in [1.807, 2.05) is 0 Å². The van der Waals surface area contributed by atoms with Gasteiger partial charge >= 0.3 is 0 Å². The van der Waals surface area contributed by atoms with Gasteiger partial charge in [0.2, 0.25) is 0 Å². The molecule has 0 spiro atoms. The molecule has 88 valence electrons. The molecule has 2 unspecified atom stereocenters. The fourth-order valence-corrected chi connectivity index (χ4v) is 3.30. The topological polar surface area (TPSA) is 12.0 Å². The zero-order valence-electron chi connectivity index (χ0n) is 10.5. The van der Waals surface area contributed by atoms with Crippen molar-refractivity contribution in [1.82, 2.24) is 5.32 Å². The van der Waals surface area contributed by atoms with E-state index < -0.39 is 0 Å². The summed E-state index contributed by atoms with van der Waals surface area (Å²) >= 11 is 0. The number of hydrogen-bond acceptors (Lipinski definition) is 1. The summed E-state index contributed by atoms with van der Waals surface area (Å²) in [5.74, 6) is 3.05. The Morgan fingerprint density at radius 1 is 0.867 bits per heavy atom. The van der Waals surface area contributed by atoms with E-state index >= 15 is 0 Å². The molecular formula is C14H27N. The second-order valence-electron chi connectivity index (χ2n) is 6.11. The van der Waals surface area contributed by atoms with Crippen LogP contribution in [0.1, 0.15) is 58.8 Å². The van der Waals surface area contributed by atoms with E-state index in [-0.39, 0.29) is 0 Å². The van der Waals surface area contributed by atoms with Crippen molar-refractivity contribution in [2.45, 2.75) is 64.8 Å². The van der Waals surface area contributed by atoms with E-state index in [2.05, 4.69) is 19.2 Å². The third kappa shape index (κ3) is 3.48. The van der Waals surface area contributed by atoms with Gasteiger partial charge in [-0.1, -0.05) is 32.6 Å². The van der Waals surface area contributed by atoms with Gasteiger partial charge in [0, 0.05) is 6.04 Å². The quantitative estimate of drug-likeness (QED) is 0.733. The molecule has 1 saturated carbocycles. The number of piperidine rings is 1. The molecule has 1 heterocycles. The Balaban J connectivity index is 1.68. The predicted molar refractivity (Wildman–Crippen MR) is 65.9 cm³/mol. The fraction of sp³-hybridized carbons (Fsp3) is 1.00. The summed E-state index contributed by atoms with van der Waals surface area (Å²) in [4.78, 5) is 0. The van der Waals surface area contributed by atoms with E-state index in [1.54, 1.807) is 0 Å². The normalized spacial score (nSPS) is 42.8. The van der Waals surface area contributed by atoms with Crippen LogP contribution in [0.25, 0.3) is 0 Å². The molecule has 1 saturated heterocycles. The summed E-state index contributed by atoms with van der Waals surface area (Å²) in [5, 5.41) is 3.63. The van der Waals surface area contributed by atoms with Crippen molar-refractivity contribution in [3.05, 3.63) is 0 Å². The van der Waals surface area contributed by atoms with Gasteiger partial charge in [0.05, 0.1) is 0 Å². The second kappa shape index (κ2) is 5.34. The maximum absolute atomic E-state index is 3.63. The fourth-order valence-electron chi connectivity index (χ4n) is 3.30. The van der Waals surface area contributed by atoms with Crippen LogP contribution < -0.4 is 5.32 Å². The van der Waals surface area contributed by atoms with Crippen LogP contribution in [0.3, 0.4) is 0 Å². The van der Waals surface area contributed by atoms with Crippen LogP contribution in [-0.2, 0) is 0 Å². The van der Waals surface area contributed by atoms with Gasteiger partial charge in [-0.3, -0.25) is 0 Å². The summed E-state index contributed by atoms with van der Waals surface area (Å²) in [6, 6.07) is 0.771. The molecule has 1 aliphatic carbocycles. The van der Waals surface area contributed by atoms with Crippen molar-refractivity contribution in [2.24, 2.45) is 17.8 Å². The molecule has 0 aromatic rings. The third-order valence-corrected chi connectivity index (χ3v) is 4.57. The second-order valence-corrected chi connectivity index (χ2v) is 6.11. The average Bonchev–Trinajstić information content (AvgIpc) is 2.25. The molecule has 1 heteroatoms. The molecular weight excluding hydrogens is 182 g/mol. The average molecular weight is 209 g/mol. The van der Waals surface area contributed by atoms with Crippen LogP contribution in [0, 0.1) is 17.8 Å². The summed E-state index contributed by atoms with van der Waals surface area (Å²) in [6.45, 7) is 6.02. The highest BCUT2D eigenvalue weighted by Gasteiger charge is 2.24. The van der Waals surface area contributed by atoms with Crippen molar-refractivity contribution in [3.63, 3.8) is 0 Å². The van der Waals surface area contributed by atoms with Gasteiger partial charge in [-0.25, -0.2) is 0 Å². The van der Waals surface area contributed by atoms with Crippen LogP contribution in [0.5, 0.6) is 0 Å². The molecule has 0 amide bonds. The SMILES string of the molecule is CC1CCC(CC2CCC(C)NC2)CC1. The van der Waals surface area contributed by atoms with Crippen LogP contribution >= 0.6 is 0 Å². The Bertz CT molecular complexity index is 154. The molecule has 2 atom stereocenters. The molecule has 2 fully saturated rings. The standard InChI is InChI=1S/C14H27N/c1-11-3-6-13(7-4-11)9-14-8-5-12(2)15-10-14/h11-15H,3-10H2,1-2H3. The lowest BCUT2D eigenvalue weighted by Gasteiger charge is -2.33. The Morgan fingerprint density at radius 3 is 2.13 bits per heavy atom. The Kier molecular flexibility index (Phi) is 4.07. The molecule has 0 aromatic carbocycles. The van der Waals surface area contributed by atoms with E-state index in [0.717, 1.165) is 23.8 Å². The van der Waals surface area contributed by atoms with Crippen molar-refractivity contribution in [2.75, 3.05) is 6.54 Å². The Labute approximate surface area is 95.0 Å². The lowest BCUT2D eigenvalue weighted by molar-refractivity contribution is 0.214. The Hall–Kier alpha value is -0.0400. The molecule has 2 aliphatic rings. The molecule has 0 aromatic heterocycles. The number of rotatable bonds is 2. The van der Waals surface area contributed by atoms with Crippen LogP contribution in [0.2, 0.25) is 0 Å². The van der Waals surface area contributed by atoms with Gasteiger partial charge in [-0.15, -0.1) is 0 Å². The first-order valence-corrected chi connectivity index (χ1v) is 6.97. The minimum atomic E-state index is 0.771. The van der Waals surface area contributed by atoms with E-state index in [1.165, 1.54) is 51.5 Å². The maximum atomic E-state index is 3.63. The molecule has 1 nitrogen and oxygen atoms in total. The first kappa shape index (κ1) is 11.4. The van der Waals surface area contributed by atoms with Gasteiger partial charge in [0.1, 0.15) is 0 Å². The van der Waals surface area contributed by atoms with E-state index in [9.17, 15) is 0 Å². The summed E-state index contributed by atoms with van der Waals surface area (Å²) in [7, 11) is 0. The summed E-state index contributed by atoms with van der Waals surface area (Å²) in [6.07, 6.45) is 10.4. The smallest absolute Gasteiger partial charge is 0.00389 e. The highest BCUT2D eigenvalue weighted by Crippen LogP contribution is 2.34. The number of hydrogen-bond donors (Lipinski definition) is 1. The van der Waals surface area contributed by atoms with Crippen molar-refractivity contribution in [1.29, 1.82) is 0 Å². The molecule has 2 rings (SSSR count). The van der Waals surface area contributed by atoms with Crippen LogP contribution in [0.4, 0.5) is 0 Å². The van der Waals surface area contributed by atoms with Gasteiger partial charge in [-0.2, -0.15) is 0 Å². The van der Waals surface area contributed by atoms with E-state index in [0.29, 0.717) is 0 Å².